The van der Waals surface area contributed by atoms with E-state index in [0.717, 1.165) is 18.2 Å². The molecule has 0 spiro atoms. The molecule has 3 heterocycles. The van der Waals surface area contributed by atoms with E-state index in [1.807, 2.05) is 5.38 Å². The second-order valence-corrected chi connectivity index (χ2v) is 6.11. The van der Waals surface area contributed by atoms with Crippen LogP contribution in [0.2, 0.25) is 0 Å². The van der Waals surface area contributed by atoms with Crippen LogP contribution in [0.3, 0.4) is 0 Å². The Morgan fingerprint density at radius 2 is 2.09 bits per heavy atom. The third kappa shape index (κ3) is 3.19. The van der Waals surface area contributed by atoms with Crippen LogP contribution in [-0.2, 0) is 9.59 Å². The lowest BCUT2D eigenvalue weighted by Gasteiger charge is -2.34. The molecule has 0 saturated carbocycles. The molecule has 0 unspecified atom stereocenters. The van der Waals surface area contributed by atoms with Crippen molar-refractivity contribution in [1.29, 1.82) is 0 Å². The summed E-state index contributed by atoms with van der Waals surface area (Å²) in [6.45, 7) is 2.84. The molecule has 1 atom stereocenters. The Labute approximate surface area is 131 Å². The summed E-state index contributed by atoms with van der Waals surface area (Å²) in [5.41, 5.74) is 0. The number of nitrogens with zero attached hydrogens (tertiary/aromatic N) is 3. The molecule has 2 N–H and O–H groups in total. The summed E-state index contributed by atoms with van der Waals surface area (Å²) in [7, 11) is 0. The van der Waals surface area contributed by atoms with Crippen LogP contribution in [0.1, 0.15) is 12.8 Å². The Bertz CT molecular complexity index is 568. The number of hydrogen-bond acceptors (Lipinski definition) is 6. The molecule has 9 heteroatoms. The highest BCUT2D eigenvalue weighted by molar-refractivity contribution is 7.13. The number of aromatic nitrogens is 1. The lowest BCUT2D eigenvalue weighted by molar-refractivity contribution is -0.131. The average molecular weight is 323 g/mol. The minimum atomic E-state index is -0.590. The van der Waals surface area contributed by atoms with Crippen LogP contribution in [0, 0.1) is 0 Å². The second-order valence-electron chi connectivity index (χ2n) is 5.24. The highest BCUT2D eigenvalue weighted by atomic mass is 32.1. The maximum Gasteiger partial charge on any atom is 0.322 e. The van der Waals surface area contributed by atoms with E-state index in [1.165, 1.54) is 0 Å². The van der Waals surface area contributed by atoms with Gasteiger partial charge in [-0.15, -0.1) is 11.3 Å². The molecule has 2 saturated heterocycles. The summed E-state index contributed by atoms with van der Waals surface area (Å²) >= 11 is 1.59. The van der Waals surface area contributed by atoms with Crippen molar-refractivity contribution in [3.63, 3.8) is 0 Å². The molecule has 2 aliphatic rings. The number of piperazine rings is 1. The number of nitrogens with one attached hydrogen (secondary N) is 2. The Kier molecular flexibility index (Phi) is 4.23. The molecule has 1 aromatic heterocycles. The van der Waals surface area contributed by atoms with Crippen LogP contribution in [0.25, 0.3) is 0 Å². The van der Waals surface area contributed by atoms with Gasteiger partial charge in [0.2, 0.25) is 5.91 Å². The first-order valence-electron chi connectivity index (χ1n) is 7.17. The van der Waals surface area contributed by atoms with Crippen LogP contribution in [-0.4, -0.2) is 60.0 Å². The third-order valence-electron chi connectivity index (χ3n) is 3.83. The van der Waals surface area contributed by atoms with E-state index in [1.54, 1.807) is 22.4 Å². The number of carbonyl (C=O) groups is 3. The first-order chi connectivity index (χ1) is 10.6. The Hall–Kier alpha value is -2.16. The van der Waals surface area contributed by atoms with Crippen molar-refractivity contribution in [1.82, 2.24) is 20.5 Å². The number of urea groups is 1. The fraction of sp³-hybridized carbons (Fsp3) is 0.538. The zero-order chi connectivity index (χ0) is 15.5. The van der Waals surface area contributed by atoms with Gasteiger partial charge < -0.3 is 15.1 Å². The summed E-state index contributed by atoms with van der Waals surface area (Å²) in [6, 6.07) is -1.08. The van der Waals surface area contributed by atoms with E-state index in [2.05, 4.69) is 20.5 Å². The van der Waals surface area contributed by atoms with Gasteiger partial charge in [0.25, 0.3) is 5.91 Å². The van der Waals surface area contributed by atoms with Gasteiger partial charge in [-0.2, -0.15) is 0 Å². The minimum Gasteiger partial charge on any atom is -0.345 e. The van der Waals surface area contributed by atoms with Crippen molar-refractivity contribution in [3.05, 3.63) is 11.6 Å². The summed E-state index contributed by atoms with van der Waals surface area (Å²) in [4.78, 5) is 42.9. The molecule has 0 aromatic carbocycles. The van der Waals surface area contributed by atoms with E-state index in [4.69, 9.17) is 0 Å². The molecular weight excluding hydrogens is 306 g/mol. The molecule has 0 radical (unpaired) electrons. The van der Waals surface area contributed by atoms with Crippen molar-refractivity contribution >= 4 is 34.3 Å². The number of rotatable bonds is 4. The van der Waals surface area contributed by atoms with Crippen molar-refractivity contribution < 1.29 is 14.4 Å². The smallest absolute Gasteiger partial charge is 0.322 e. The van der Waals surface area contributed by atoms with E-state index in [0.29, 0.717) is 19.5 Å². The van der Waals surface area contributed by atoms with Crippen LogP contribution in [0.15, 0.2) is 11.6 Å². The zero-order valence-electron chi connectivity index (χ0n) is 11.9. The molecule has 0 bridgehead atoms. The van der Waals surface area contributed by atoms with E-state index >= 15 is 0 Å². The SMILES string of the molecule is O=C1NC(=O)[C@@H](CCC(=O)N2CCN(c3nccs3)CC2)N1. The molecule has 1 aromatic rings. The molecule has 8 nitrogen and oxygen atoms in total. The van der Waals surface area contributed by atoms with Crippen LogP contribution in [0.5, 0.6) is 0 Å². The monoisotopic (exact) mass is 323 g/mol. The first kappa shape index (κ1) is 14.8. The second kappa shape index (κ2) is 6.30. The summed E-state index contributed by atoms with van der Waals surface area (Å²) in [5, 5.41) is 7.59. The number of anilines is 1. The summed E-state index contributed by atoms with van der Waals surface area (Å²) in [6.07, 6.45) is 2.37. The van der Waals surface area contributed by atoms with E-state index in [-0.39, 0.29) is 18.2 Å². The van der Waals surface area contributed by atoms with Gasteiger partial charge in [0.1, 0.15) is 6.04 Å². The average Bonchev–Trinajstić information content (AvgIpc) is 3.15. The maximum absolute atomic E-state index is 12.2. The number of carbonyl (C=O) groups excluding carboxylic acids is 3. The van der Waals surface area contributed by atoms with E-state index < -0.39 is 12.1 Å². The number of hydrogen-bond donors (Lipinski definition) is 2. The molecule has 22 heavy (non-hydrogen) atoms. The molecule has 3 rings (SSSR count). The Morgan fingerprint density at radius 3 is 2.68 bits per heavy atom. The fourth-order valence-electron chi connectivity index (χ4n) is 2.61. The molecule has 4 amide bonds. The van der Waals surface area contributed by atoms with Gasteiger partial charge in [-0.1, -0.05) is 0 Å². The number of amides is 4. The maximum atomic E-state index is 12.2. The van der Waals surface area contributed by atoms with Crippen LogP contribution < -0.4 is 15.5 Å². The van der Waals surface area contributed by atoms with Crippen molar-refractivity contribution in [2.24, 2.45) is 0 Å². The molecule has 118 valence electrons. The van der Waals surface area contributed by atoms with Gasteiger partial charge in [-0.05, 0) is 6.42 Å². The highest BCUT2D eigenvalue weighted by Gasteiger charge is 2.30. The molecule has 2 aliphatic heterocycles. The van der Waals surface area contributed by atoms with Crippen molar-refractivity contribution in [2.45, 2.75) is 18.9 Å². The highest BCUT2D eigenvalue weighted by Crippen LogP contribution is 2.19. The van der Waals surface area contributed by atoms with Gasteiger partial charge in [-0.25, -0.2) is 9.78 Å². The Balaban J connectivity index is 1.44. The predicted octanol–water partition coefficient (Wildman–Crippen LogP) is -0.220. The lowest BCUT2D eigenvalue weighted by atomic mass is 10.1. The third-order valence-corrected chi connectivity index (χ3v) is 4.66. The van der Waals surface area contributed by atoms with Gasteiger partial charge >= 0.3 is 6.03 Å². The van der Waals surface area contributed by atoms with Gasteiger partial charge in [-0.3, -0.25) is 14.9 Å². The molecular formula is C13H17N5O3S. The largest absolute Gasteiger partial charge is 0.345 e. The number of imide groups is 1. The van der Waals surface area contributed by atoms with Crippen molar-refractivity contribution in [2.75, 3.05) is 31.1 Å². The van der Waals surface area contributed by atoms with Crippen molar-refractivity contribution in [3.8, 4) is 0 Å². The predicted molar refractivity (Wildman–Crippen MR) is 80.6 cm³/mol. The zero-order valence-corrected chi connectivity index (χ0v) is 12.8. The molecule has 0 aliphatic carbocycles. The van der Waals surface area contributed by atoms with Gasteiger partial charge in [0.15, 0.2) is 5.13 Å². The number of thiazole rings is 1. The minimum absolute atomic E-state index is 0.0211. The Morgan fingerprint density at radius 1 is 1.32 bits per heavy atom. The lowest BCUT2D eigenvalue weighted by Crippen LogP contribution is -2.49. The quantitative estimate of drug-likeness (QED) is 0.747. The summed E-state index contributed by atoms with van der Waals surface area (Å²) < 4.78 is 0. The van der Waals surface area contributed by atoms with Crippen LogP contribution >= 0.6 is 11.3 Å². The van der Waals surface area contributed by atoms with E-state index in [9.17, 15) is 14.4 Å². The van der Waals surface area contributed by atoms with Gasteiger partial charge in [0, 0.05) is 44.2 Å². The molecule has 2 fully saturated rings. The standard InChI is InChI=1S/C13H17N5O3S/c19-10(2-1-9-11(20)16-12(21)15-9)17-4-6-18(7-5-17)13-14-3-8-22-13/h3,8-9H,1-2,4-7H2,(H2,15,16,20,21)/t9-/m1/s1. The van der Waals surface area contributed by atoms with Crippen LogP contribution in [0.4, 0.5) is 9.93 Å². The topological polar surface area (TPSA) is 94.6 Å². The first-order valence-corrected chi connectivity index (χ1v) is 8.05. The van der Waals surface area contributed by atoms with Gasteiger partial charge in [0.05, 0.1) is 0 Å². The fourth-order valence-corrected chi connectivity index (χ4v) is 3.30. The summed E-state index contributed by atoms with van der Waals surface area (Å²) in [5.74, 6) is -0.334. The normalized spacial score (nSPS) is 21.7.